The van der Waals surface area contributed by atoms with E-state index >= 15 is 0 Å². The van der Waals surface area contributed by atoms with Gasteiger partial charge < -0.3 is 15.2 Å². The average Bonchev–Trinajstić information content (AvgIpc) is 3.08. The number of aryl methyl sites for hydroxylation is 3. The van der Waals surface area contributed by atoms with E-state index in [1.165, 1.54) is 0 Å². The van der Waals surface area contributed by atoms with Crippen molar-refractivity contribution in [3.63, 3.8) is 0 Å². The highest BCUT2D eigenvalue weighted by atomic mass is 16.2. The zero-order valence-corrected chi connectivity index (χ0v) is 12.5. The summed E-state index contributed by atoms with van der Waals surface area (Å²) in [5.74, 6) is 1.02. The van der Waals surface area contributed by atoms with Gasteiger partial charge in [0, 0.05) is 38.2 Å². The maximum Gasteiger partial charge on any atom is 0.319 e. The zero-order valence-electron chi connectivity index (χ0n) is 12.5. The lowest BCUT2D eigenvalue weighted by molar-refractivity contribution is 0.252. The van der Waals surface area contributed by atoms with Crippen LogP contribution >= 0.6 is 0 Å². The number of urea groups is 1. The van der Waals surface area contributed by atoms with Crippen LogP contribution in [0.4, 0.5) is 10.5 Å². The molecule has 2 aromatic heterocycles. The van der Waals surface area contributed by atoms with E-state index in [0.717, 1.165) is 31.8 Å². The van der Waals surface area contributed by atoms with E-state index in [4.69, 9.17) is 0 Å². The molecule has 0 fully saturated rings. The van der Waals surface area contributed by atoms with Crippen LogP contribution in [0.2, 0.25) is 0 Å². The Labute approximate surface area is 124 Å². The van der Waals surface area contributed by atoms with Crippen molar-refractivity contribution in [3.8, 4) is 0 Å². The highest BCUT2D eigenvalue weighted by Gasteiger charge is 2.03. The molecule has 0 atom stereocenters. The largest absolute Gasteiger partial charge is 0.338 e. The number of unbranched alkanes of at least 4 members (excludes halogenated alkanes) is 1. The van der Waals surface area contributed by atoms with Crippen molar-refractivity contribution in [2.45, 2.75) is 39.8 Å². The highest BCUT2D eigenvalue weighted by Crippen LogP contribution is 2.04. The Morgan fingerprint density at radius 3 is 2.90 bits per heavy atom. The number of nitrogens with one attached hydrogen (secondary N) is 2. The van der Waals surface area contributed by atoms with Crippen LogP contribution in [-0.4, -0.2) is 31.9 Å². The Bertz CT molecular complexity index is 574. The van der Waals surface area contributed by atoms with Crippen LogP contribution in [0.1, 0.15) is 25.6 Å². The molecule has 2 rings (SSSR count). The second-order valence-electron chi connectivity index (χ2n) is 4.84. The molecule has 0 aliphatic rings. The Kier molecular flexibility index (Phi) is 5.36. The first kappa shape index (κ1) is 15.1. The Hall–Kier alpha value is -2.31. The van der Waals surface area contributed by atoms with Crippen molar-refractivity contribution >= 4 is 11.7 Å². The molecule has 0 saturated carbocycles. The maximum atomic E-state index is 11.7. The average molecular weight is 290 g/mol. The minimum atomic E-state index is -0.190. The Morgan fingerprint density at radius 2 is 2.24 bits per heavy atom. The van der Waals surface area contributed by atoms with E-state index in [-0.39, 0.29) is 6.03 Å². The van der Waals surface area contributed by atoms with E-state index in [2.05, 4.69) is 25.3 Å². The van der Waals surface area contributed by atoms with Crippen LogP contribution in [0.3, 0.4) is 0 Å². The molecular formula is C14H22N6O. The normalized spacial score (nSPS) is 10.6. The summed E-state index contributed by atoms with van der Waals surface area (Å²) in [5, 5.41) is 9.70. The van der Waals surface area contributed by atoms with E-state index in [1.54, 1.807) is 23.3 Å². The van der Waals surface area contributed by atoms with Crippen molar-refractivity contribution in [2.75, 3.05) is 11.9 Å². The topological polar surface area (TPSA) is 76.8 Å². The van der Waals surface area contributed by atoms with Crippen molar-refractivity contribution in [1.82, 2.24) is 24.6 Å². The fourth-order valence-corrected chi connectivity index (χ4v) is 2.03. The van der Waals surface area contributed by atoms with Crippen LogP contribution in [0, 0.1) is 6.92 Å². The number of amides is 2. The minimum Gasteiger partial charge on any atom is -0.338 e. The summed E-state index contributed by atoms with van der Waals surface area (Å²) in [6, 6.07) is -0.190. The molecule has 0 radical (unpaired) electrons. The van der Waals surface area contributed by atoms with E-state index < -0.39 is 0 Å². The van der Waals surface area contributed by atoms with Crippen molar-refractivity contribution in [3.05, 3.63) is 30.6 Å². The smallest absolute Gasteiger partial charge is 0.319 e. The first-order valence-electron chi connectivity index (χ1n) is 7.24. The molecule has 0 aliphatic carbocycles. The van der Waals surface area contributed by atoms with E-state index in [1.807, 2.05) is 20.0 Å². The first-order chi connectivity index (χ1) is 10.2. The van der Waals surface area contributed by atoms with Crippen LogP contribution in [0.25, 0.3) is 0 Å². The molecule has 2 heterocycles. The molecule has 2 amide bonds. The fourth-order valence-electron chi connectivity index (χ4n) is 2.03. The Balaban J connectivity index is 1.60. The van der Waals surface area contributed by atoms with Crippen molar-refractivity contribution in [2.24, 2.45) is 0 Å². The minimum absolute atomic E-state index is 0.190. The number of hydrogen-bond acceptors (Lipinski definition) is 3. The van der Waals surface area contributed by atoms with Gasteiger partial charge in [0.15, 0.2) is 0 Å². The molecule has 0 spiro atoms. The van der Waals surface area contributed by atoms with Gasteiger partial charge >= 0.3 is 6.03 Å². The van der Waals surface area contributed by atoms with Gasteiger partial charge in [0.25, 0.3) is 0 Å². The van der Waals surface area contributed by atoms with Gasteiger partial charge in [-0.15, -0.1) is 0 Å². The molecule has 2 N–H and O–H groups in total. The zero-order chi connectivity index (χ0) is 15.1. The van der Waals surface area contributed by atoms with Gasteiger partial charge in [-0.3, -0.25) is 4.68 Å². The number of carbonyl (C=O) groups is 1. The second kappa shape index (κ2) is 7.47. The van der Waals surface area contributed by atoms with Gasteiger partial charge in [0.05, 0.1) is 11.9 Å². The lowest BCUT2D eigenvalue weighted by Gasteiger charge is -2.07. The van der Waals surface area contributed by atoms with Crippen LogP contribution < -0.4 is 10.6 Å². The number of anilines is 1. The lowest BCUT2D eigenvalue weighted by atomic mass is 10.3. The van der Waals surface area contributed by atoms with Gasteiger partial charge in [-0.2, -0.15) is 5.10 Å². The summed E-state index contributed by atoms with van der Waals surface area (Å²) >= 11 is 0. The molecule has 7 heteroatoms. The number of hydrogen-bond donors (Lipinski definition) is 2. The maximum absolute atomic E-state index is 11.7. The summed E-state index contributed by atoms with van der Waals surface area (Å²) in [7, 11) is 0. The lowest BCUT2D eigenvalue weighted by Crippen LogP contribution is -2.29. The molecule has 0 unspecified atom stereocenters. The standard InChI is InChI=1S/C14H22N6O/c1-3-20-11-13(10-17-20)18-14(21)16-6-4-5-8-19-9-7-15-12(19)2/h7,9-11H,3-6,8H2,1-2H3,(H2,16,18,21). The summed E-state index contributed by atoms with van der Waals surface area (Å²) < 4.78 is 3.88. The third-order valence-electron chi connectivity index (χ3n) is 3.25. The second-order valence-corrected chi connectivity index (χ2v) is 4.84. The quantitative estimate of drug-likeness (QED) is 0.766. The Morgan fingerprint density at radius 1 is 1.38 bits per heavy atom. The summed E-state index contributed by atoms with van der Waals surface area (Å²) in [6.07, 6.45) is 9.16. The number of carbonyl (C=O) groups excluding carboxylic acids is 1. The molecule has 0 bridgehead atoms. The predicted octanol–water partition coefficient (Wildman–Crippen LogP) is 2.01. The van der Waals surface area contributed by atoms with Gasteiger partial charge in [-0.25, -0.2) is 9.78 Å². The molecule has 7 nitrogen and oxygen atoms in total. The third kappa shape index (κ3) is 4.62. The van der Waals surface area contributed by atoms with Crippen molar-refractivity contribution in [1.29, 1.82) is 0 Å². The van der Waals surface area contributed by atoms with E-state index in [9.17, 15) is 4.79 Å². The third-order valence-corrected chi connectivity index (χ3v) is 3.25. The first-order valence-corrected chi connectivity index (χ1v) is 7.24. The number of aromatic nitrogens is 4. The summed E-state index contributed by atoms with van der Waals surface area (Å²) in [4.78, 5) is 15.9. The molecule has 0 aliphatic heterocycles. The fraction of sp³-hybridized carbons (Fsp3) is 0.500. The molecule has 114 valence electrons. The van der Waals surface area contributed by atoms with E-state index in [0.29, 0.717) is 12.2 Å². The predicted molar refractivity (Wildman–Crippen MR) is 81.1 cm³/mol. The number of rotatable bonds is 7. The molecule has 0 saturated heterocycles. The number of nitrogens with zero attached hydrogens (tertiary/aromatic N) is 4. The monoisotopic (exact) mass is 290 g/mol. The van der Waals surface area contributed by atoms with Crippen LogP contribution in [0.15, 0.2) is 24.8 Å². The SMILES string of the molecule is CCn1cc(NC(=O)NCCCCn2ccnc2C)cn1. The molecule has 21 heavy (non-hydrogen) atoms. The van der Waals surface area contributed by atoms with Gasteiger partial charge in [0.2, 0.25) is 0 Å². The van der Waals surface area contributed by atoms with Crippen LogP contribution in [-0.2, 0) is 13.1 Å². The highest BCUT2D eigenvalue weighted by molar-refractivity contribution is 5.88. The molecule has 0 aromatic carbocycles. The van der Waals surface area contributed by atoms with Crippen LogP contribution in [0.5, 0.6) is 0 Å². The molecular weight excluding hydrogens is 268 g/mol. The van der Waals surface area contributed by atoms with Gasteiger partial charge in [-0.05, 0) is 26.7 Å². The molecule has 2 aromatic rings. The van der Waals surface area contributed by atoms with Crippen molar-refractivity contribution < 1.29 is 4.79 Å². The summed E-state index contributed by atoms with van der Waals surface area (Å²) in [5.41, 5.74) is 0.711. The number of imidazole rings is 1. The van der Waals surface area contributed by atoms with Gasteiger partial charge in [-0.1, -0.05) is 0 Å². The van der Waals surface area contributed by atoms with Gasteiger partial charge in [0.1, 0.15) is 5.82 Å². The summed E-state index contributed by atoms with van der Waals surface area (Å²) in [6.45, 7) is 6.36.